The lowest BCUT2D eigenvalue weighted by atomic mass is 9.90. The van der Waals surface area contributed by atoms with Crippen molar-refractivity contribution >= 4 is 11.6 Å². The summed E-state index contributed by atoms with van der Waals surface area (Å²) >= 11 is 0. The van der Waals surface area contributed by atoms with Crippen molar-refractivity contribution in [1.82, 2.24) is 9.97 Å². The highest BCUT2D eigenvalue weighted by Crippen LogP contribution is 2.29. The molecule has 0 aliphatic carbocycles. The molecule has 2 saturated heterocycles. The Morgan fingerprint density at radius 1 is 1.17 bits per heavy atom. The fourth-order valence-electron chi connectivity index (χ4n) is 4.56. The highest BCUT2D eigenvalue weighted by Gasteiger charge is 2.31. The summed E-state index contributed by atoms with van der Waals surface area (Å²) in [7, 11) is 1.71. The van der Waals surface area contributed by atoms with Crippen LogP contribution >= 0.6 is 0 Å². The number of β-amino-alcohol motifs (C(OH)–C–C–N with tert-alkyl or cyclic N) is 1. The van der Waals surface area contributed by atoms with Crippen LogP contribution in [0.1, 0.15) is 24.8 Å². The fraction of sp³-hybridized carbons (Fsp3) is 0.545. The van der Waals surface area contributed by atoms with E-state index in [1.807, 2.05) is 12.1 Å². The lowest BCUT2D eigenvalue weighted by Gasteiger charge is -2.33. The highest BCUT2D eigenvalue weighted by atomic mass is 16.5. The average Bonchev–Trinajstić information content (AvgIpc) is 3.15. The van der Waals surface area contributed by atoms with Gasteiger partial charge in [-0.05, 0) is 49.3 Å². The Morgan fingerprint density at radius 3 is 2.72 bits per heavy atom. The van der Waals surface area contributed by atoms with Gasteiger partial charge < -0.3 is 25.4 Å². The topological polar surface area (TPSA) is 87.7 Å². The standard InChI is InChI=1S/C22H31N5O2/c1-29-20-4-2-3-17(10-20)9-16-5-7-26(8-6-16)21-12-22(25-15-24-21)27-14-19(28)11-18(27)13-23/h2-4,10,12,15-16,18-19,28H,5-9,11,13-14,23H2,1H3/t18-,19-/m1/s1. The van der Waals surface area contributed by atoms with E-state index in [2.05, 4.69) is 38.0 Å². The molecule has 0 spiro atoms. The zero-order valence-corrected chi connectivity index (χ0v) is 17.1. The number of benzene rings is 1. The van der Waals surface area contributed by atoms with E-state index in [9.17, 15) is 5.11 Å². The van der Waals surface area contributed by atoms with Gasteiger partial charge >= 0.3 is 0 Å². The molecule has 1 aromatic heterocycles. The van der Waals surface area contributed by atoms with E-state index in [4.69, 9.17) is 10.5 Å². The molecule has 156 valence electrons. The molecule has 3 N–H and O–H groups in total. The minimum atomic E-state index is -0.339. The van der Waals surface area contributed by atoms with E-state index in [1.54, 1.807) is 13.4 Å². The predicted molar refractivity (Wildman–Crippen MR) is 114 cm³/mol. The van der Waals surface area contributed by atoms with Crippen molar-refractivity contribution in [2.24, 2.45) is 11.7 Å². The first kappa shape index (κ1) is 19.9. The number of hydrogen-bond acceptors (Lipinski definition) is 7. The van der Waals surface area contributed by atoms with Gasteiger partial charge in [0.05, 0.1) is 13.2 Å². The molecule has 3 heterocycles. The van der Waals surface area contributed by atoms with Crippen molar-refractivity contribution < 1.29 is 9.84 Å². The van der Waals surface area contributed by atoms with E-state index in [1.165, 1.54) is 5.56 Å². The Balaban J connectivity index is 1.37. The van der Waals surface area contributed by atoms with Gasteiger partial charge in [-0.2, -0.15) is 0 Å². The molecule has 0 amide bonds. The van der Waals surface area contributed by atoms with Crippen LogP contribution in [0.15, 0.2) is 36.7 Å². The molecule has 4 rings (SSSR count). The first-order valence-electron chi connectivity index (χ1n) is 10.5. The van der Waals surface area contributed by atoms with E-state index in [0.29, 0.717) is 25.4 Å². The number of ether oxygens (including phenoxy) is 1. The maximum absolute atomic E-state index is 10.0. The number of nitrogens with zero attached hydrogens (tertiary/aromatic N) is 4. The molecule has 0 bridgehead atoms. The predicted octanol–water partition coefficient (Wildman–Crippen LogP) is 1.84. The second-order valence-corrected chi connectivity index (χ2v) is 8.15. The number of anilines is 2. The molecular formula is C22H31N5O2. The number of aliphatic hydroxyl groups is 1. The molecule has 0 unspecified atom stereocenters. The third-order valence-corrected chi connectivity index (χ3v) is 6.19. The van der Waals surface area contributed by atoms with Crippen LogP contribution in [0.4, 0.5) is 11.6 Å². The SMILES string of the molecule is COc1cccc(CC2CCN(c3cc(N4C[C@H](O)C[C@@H]4CN)ncn3)CC2)c1. The normalized spacial score (nSPS) is 22.9. The maximum Gasteiger partial charge on any atom is 0.134 e. The minimum Gasteiger partial charge on any atom is -0.497 e. The molecule has 2 aromatic rings. The summed E-state index contributed by atoms with van der Waals surface area (Å²) in [5.41, 5.74) is 7.23. The lowest BCUT2D eigenvalue weighted by Crippen LogP contribution is -2.37. The molecule has 0 saturated carbocycles. The average molecular weight is 398 g/mol. The van der Waals surface area contributed by atoms with Crippen LogP contribution in [0.3, 0.4) is 0 Å². The second-order valence-electron chi connectivity index (χ2n) is 8.15. The molecule has 29 heavy (non-hydrogen) atoms. The summed E-state index contributed by atoms with van der Waals surface area (Å²) in [5.74, 6) is 3.43. The first-order valence-corrected chi connectivity index (χ1v) is 10.5. The van der Waals surface area contributed by atoms with Gasteiger partial charge in [0.15, 0.2) is 0 Å². The van der Waals surface area contributed by atoms with Crippen molar-refractivity contribution in [1.29, 1.82) is 0 Å². The van der Waals surface area contributed by atoms with Crippen molar-refractivity contribution in [3.63, 3.8) is 0 Å². The zero-order chi connectivity index (χ0) is 20.2. The molecule has 0 radical (unpaired) electrons. The highest BCUT2D eigenvalue weighted by molar-refractivity contribution is 5.52. The Kier molecular flexibility index (Phi) is 6.16. The first-order chi connectivity index (χ1) is 14.2. The summed E-state index contributed by atoms with van der Waals surface area (Å²) in [6.07, 6.45) is 5.37. The lowest BCUT2D eigenvalue weighted by molar-refractivity contribution is 0.194. The van der Waals surface area contributed by atoms with Crippen LogP contribution in [0.2, 0.25) is 0 Å². The van der Waals surface area contributed by atoms with Crippen LogP contribution in [-0.4, -0.2) is 60.5 Å². The Morgan fingerprint density at radius 2 is 1.97 bits per heavy atom. The quantitative estimate of drug-likeness (QED) is 0.769. The van der Waals surface area contributed by atoms with E-state index in [0.717, 1.165) is 49.7 Å². The van der Waals surface area contributed by atoms with Crippen LogP contribution in [0.25, 0.3) is 0 Å². The van der Waals surface area contributed by atoms with Gasteiger partial charge in [-0.1, -0.05) is 12.1 Å². The zero-order valence-electron chi connectivity index (χ0n) is 17.1. The van der Waals surface area contributed by atoms with E-state index in [-0.39, 0.29) is 12.1 Å². The molecular weight excluding hydrogens is 366 g/mol. The Labute approximate surface area is 172 Å². The monoisotopic (exact) mass is 397 g/mol. The number of aromatic nitrogens is 2. The van der Waals surface area contributed by atoms with Gasteiger partial charge in [0.2, 0.25) is 0 Å². The van der Waals surface area contributed by atoms with Crippen molar-refractivity contribution in [2.45, 2.75) is 37.8 Å². The summed E-state index contributed by atoms with van der Waals surface area (Å²) < 4.78 is 5.34. The molecule has 2 atom stereocenters. The summed E-state index contributed by atoms with van der Waals surface area (Å²) in [6.45, 7) is 3.09. The van der Waals surface area contributed by atoms with Gasteiger partial charge in [0, 0.05) is 38.3 Å². The second kappa shape index (κ2) is 8.97. The summed E-state index contributed by atoms with van der Waals surface area (Å²) in [6, 6.07) is 10.6. The number of aliphatic hydroxyl groups excluding tert-OH is 1. The van der Waals surface area contributed by atoms with Crippen molar-refractivity contribution in [2.75, 3.05) is 43.1 Å². The fourth-order valence-corrected chi connectivity index (χ4v) is 4.56. The van der Waals surface area contributed by atoms with Crippen LogP contribution in [0.5, 0.6) is 5.75 Å². The van der Waals surface area contributed by atoms with Gasteiger partial charge in [-0.25, -0.2) is 9.97 Å². The number of hydrogen-bond donors (Lipinski definition) is 2. The number of rotatable bonds is 6. The molecule has 2 fully saturated rings. The number of methoxy groups -OCH3 is 1. The molecule has 1 aromatic carbocycles. The third-order valence-electron chi connectivity index (χ3n) is 6.19. The summed E-state index contributed by atoms with van der Waals surface area (Å²) in [5, 5.41) is 10.0. The number of nitrogens with two attached hydrogens (primary N) is 1. The van der Waals surface area contributed by atoms with Crippen LogP contribution in [0, 0.1) is 5.92 Å². The molecule has 2 aliphatic heterocycles. The van der Waals surface area contributed by atoms with E-state index >= 15 is 0 Å². The number of piperidine rings is 1. The third kappa shape index (κ3) is 4.62. The van der Waals surface area contributed by atoms with Gasteiger partial charge in [0.25, 0.3) is 0 Å². The van der Waals surface area contributed by atoms with Gasteiger partial charge in [0.1, 0.15) is 23.7 Å². The Bertz CT molecular complexity index is 809. The maximum atomic E-state index is 10.0. The van der Waals surface area contributed by atoms with Crippen molar-refractivity contribution in [3.05, 3.63) is 42.2 Å². The van der Waals surface area contributed by atoms with Gasteiger partial charge in [-0.15, -0.1) is 0 Å². The van der Waals surface area contributed by atoms with Crippen LogP contribution < -0.4 is 20.3 Å². The van der Waals surface area contributed by atoms with Gasteiger partial charge in [-0.3, -0.25) is 0 Å². The minimum absolute atomic E-state index is 0.140. The summed E-state index contributed by atoms with van der Waals surface area (Å²) in [4.78, 5) is 13.4. The van der Waals surface area contributed by atoms with E-state index < -0.39 is 0 Å². The smallest absolute Gasteiger partial charge is 0.134 e. The largest absolute Gasteiger partial charge is 0.497 e. The van der Waals surface area contributed by atoms with Crippen molar-refractivity contribution in [3.8, 4) is 5.75 Å². The molecule has 7 heteroatoms. The molecule has 7 nitrogen and oxygen atoms in total. The van der Waals surface area contributed by atoms with Crippen LogP contribution in [-0.2, 0) is 6.42 Å². The Hall–Kier alpha value is -2.38. The molecule has 2 aliphatic rings.